The summed E-state index contributed by atoms with van der Waals surface area (Å²) in [4.78, 5) is 17.0. The molecular formula is C18H21N3O3S2. The molecule has 0 aliphatic heterocycles. The summed E-state index contributed by atoms with van der Waals surface area (Å²) in [5, 5.41) is 5.49. The predicted molar refractivity (Wildman–Crippen MR) is 104 cm³/mol. The maximum absolute atomic E-state index is 12.5. The van der Waals surface area contributed by atoms with Gasteiger partial charge in [-0.25, -0.2) is 13.4 Å². The van der Waals surface area contributed by atoms with Crippen molar-refractivity contribution in [2.45, 2.75) is 25.7 Å². The van der Waals surface area contributed by atoms with Gasteiger partial charge in [0, 0.05) is 22.5 Å². The van der Waals surface area contributed by atoms with Crippen LogP contribution in [0.25, 0.3) is 11.3 Å². The summed E-state index contributed by atoms with van der Waals surface area (Å²) >= 11 is 1.41. The topological polar surface area (TPSA) is 88.2 Å². The number of rotatable bonds is 5. The van der Waals surface area contributed by atoms with Crippen LogP contribution in [0.2, 0.25) is 0 Å². The van der Waals surface area contributed by atoms with Crippen molar-refractivity contribution >= 4 is 38.1 Å². The minimum absolute atomic E-state index is 0.103. The monoisotopic (exact) mass is 391 g/mol. The van der Waals surface area contributed by atoms with Gasteiger partial charge in [0.1, 0.15) is 0 Å². The van der Waals surface area contributed by atoms with E-state index in [0.717, 1.165) is 29.9 Å². The van der Waals surface area contributed by atoms with Crippen LogP contribution in [0.15, 0.2) is 29.6 Å². The van der Waals surface area contributed by atoms with Gasteiger partial charge in [0.15, 0.2) is 5.13 Å². The van der Waals surface area contributed by atoms with Gasteiger partial charge in [-0.15, -0.1) is 11.3 Å². The first-order chi connectivity index (χ1) is 12.4. The zero-order valence-corrected chi connectivity index (χ0v) is 16.1. The van der Waals surface area contributed by atoms with Gasteiger partial charge in [0.05, 0.1) is 11.9 Å². The van der Waals surface area contributed by atoms with Crippen molar-refractivity contribution in [1.82, 2.24) is 4.98 Å². The third-order valence-corrected chi connectivity index (χ3v) is 6.66. The van der Waals surface area contributed by atoms with E-state index in [9.17, 15) is 13.2 Å². The first-order valence-electron chi connectivity index (χ1n) is 8.72. The molecular weight excluding hydrogens is 370 g/mol. The second kappa shape index (κ2) is 6.66. The molecule has 2 aliphatic rings. The number of carbonyl (C=O) groups is 1. The average Bonchev–Trinajstić information content (AvgIpc) is 3.30. The average molecular weight is 392 g/mol. The molecule has 0 radical (unpaired) electrons. The molecule has 1 heterocycles. The maximum Gasteiger partial charge on any atom is 0.229 e. The third kappa shape index (κ3) is 3.76. The Hall–Kier alpha value is -1.93. The predicted octanol–water partition coefficient (Wildman–Crippen LogP) is 3.56. The van der Waals surface area contributed by atoms with Crippen LogP contribution in [-0.2, 0) is 14.8 Å². The molecule has 0 spiro atoms. The zero-order valence-electron chi connectivity index (χ0n) is 14.4. The van der Waals surface area contributed by atoms with Gasteiger partial charge in [0.2, 0.25) is 15.9 Å². The van der Waals surface area contributed by atoms with Gasteiger partial charge >= 0.3 is 0 Å². The van der Waals surface area contributed by atoms with Gasteiger partial charge < -0.3 is 5.32 Å². The largest absolute Gasteiger partial charge is 0.302 e. The van der Waals surface area contributed by atoms with E-state index in [2.05, 4.69) is 15.0 Å². The Balaban J connectivity index is 1.42. The van der Waals surface area contributed by atoms with E-state index in [1.807, 2.05) is 17.5 Å². The van der Waals surface area contributed by atoms with E-state index in [1.54, 1.807) is 12.1 Å². The second-order valence-corrected chi connectivity index (χ2v) is 9.87. The number of nitrogens with one attached hydrogen (secondary N) is 2. The molecule has 138 valence electrons. The Morgan fingerprint density at radius 2 is 1.96 bits per heavy atom. The number of sulfonamides is 1. The van der Waals surface area contributed by atoms with Crippen molar-refractivity contribution in [3.8, 4) is 11.3 Å². The number of hydrogen-bond acceptors (Lipinski definition) is 5. The Kier molecular flexibility index (Phi) is 4.48. The zero-order chi connectivity index (χ0) is 18.3. The number of thiazole rings is 1. The molecule has 2 N–H and O–H groups in total. The van der Waals surface area contributed by atoms with Gasteiger partial charge in [0.25, 0.3) is 0 Å². The Morgan fingerprint density at radius 3 is 2.58 bits per heavy atom. The van der Waals surface area contributed by atoms with E-state index in [0.29, 0.717) is 16.7 Å². The molecule has 8 heteroatoms. The maximum atomic E-state index is 12.5. The lowest BCUT2D eigenvalue weighted by Crippen LogP contribution is -2.27. The smallest absolute Gasteiger partial charge is 0.229 e. The van der Waals surface area contributed by atoms with E-state index < -0.39 is 10.0 Å². The minimum atomic E-state index is -3.29. The van der Waals surface area contributed by atoms with Gasteiger partial charge in [-0.05, 0) is 43.2 Å². The molecule has 3 atom stereocenters. The summed E-state index contributed by atoms with van der Waals surface area (Å²) in [5.41, 5.74) is 2.15. The molecule has 2 aromatic rings. The van der Waals surface area contributed by atoms with Gasteiger partial charge in [-0.1, -0.05) is 18.6 Å². The van der Waals surface area contributed by atoms with Crippen LogP contribution >= 0.6 is 11.3 Å². The molecule has 1 aromatic carbocycles. The molecule has 26 heavy (non-hydrogen) atoms. The lowest BCUT2D eigenvalue weighted by Gasteiger charge is -2.19. The molecule has 2 fully saturated rings. The number of aromatic nitrogens is 1. The minimum Gasteiger partial charge on any atom is -0.302 e. The highest BCUT2D eigenvalue weighted by Gasteiger charge is 2.43. The van der Waals surface area contributed by atoms with Crippen molar-refractivity contribution in [3.63, 3.8) is 0 Å². The first-order valence-corrected chi connectivity index (χ1v) is 11.5. The van der Waals surface area contributed by atoms with Gasteiger partial charge in [-0.2, -0.15) is 0 Å². The Bertz CT molecular complexity index is 921. The second-order valence-electron chi connectivity index (χ2n) is 7.26. The summed E-state index contributed by atoms with van der Waals surface area (Å²) in [6.45, 7) is 0. The lowest BCUT2D eigenvalue weighted by molar-refractivity contribution is -0.121. The van der Waals surface area contributed by atoms with Crippen LogP contribution in [0.3, 0.4) is 0 Å². The quantitative estimate of drug-likeness (QED) is 0.816. The Labute approximate surface area is 157 Å². The fraction of sp³-hybridized carbons (Fsp3) is 0.444. The summed E-state index contributed by atoms with van der Waals surface area (Å²) in [5.74, 6) is 1.53. The van der Waals surface area contributed by atoms with Gasteiger partial charge in [-0.3, -0.25) is 9.52 Å². The summed E-state index contributed by atoms with van der Waals surface area (Å²) in [7, 11) is -3.29. The van der Waals surface area contributed by atoms with E-state index in [1.165, 1.54) is 30.6 Å². The SMILES string of the molecule is CS(=O)(=O)Nc1ccc(-c2csc(NC(=O)C3CC4CCC3C4)n2)cc1. The highest BCUT2D eigenvalue weighted by Crippen LogP contribution is 2.48. The van der Waals surface area contributed by atoms with Crippen LogP contribution in [0.4, 0.5) is 10.8 Å². The molecule has 2 saturated carbocycles. The van der Waals surface area contributed by atoms with Crippen molar-refractivity contribution in [2.75, 3.05) is 16.3 Å². The normalized spacial score (nSPS) is 24.6. The number of nitrogens with zero attached hydrogens (tertiary/aromatic N) is 1. The molecule has 3 unspecified atom stereocenters. The molecule has 1 amide bonds. The summed E-state index contributed by atoms with van der Waals surface area (Å²) in [6.07, 6.45) is 5.80. The van der Waals surface area contributed by atoms with Crippen molar-refractivity contribution < 1.29 is 13.2 Å². The molecule has 2 bridgehead atoms. The first kappa shape index (κ1) is 17.5. The fourth-order valence-electron chi connectivity index (χ4n) is 4.15. The van der Waals surface area contributed by atoms with E-state index >= 15 is 0 Å². The fourth-order valence-corrected chi connectivity index (χ4v) is 5.44. The van der Waals surface area contributed by atoms with Crippen LogP contribution < -0.4 is 10.0 Å². The van der Waals surface area contributed by atoms with Crippen molar-refractivity contribution in [2.24, 2.45) is 17.8 Å². The van der Waals surface area contributed by atoms with Crippen LogP contribution in [0, 0.1) is 17.8 Å². The number of fused-ring (bicyclic) bond motifs is 2. The van der Waals surface area contributed by atoms with E-state index in [-0.39, 0.29) is 11.8 Å². The van der Waals surface area contributed by atoms with Crippen LogP contribution in [0.5, 0.6) is 0 Å². The highest BCUT2D eigenvalue weighted by molar-refractivity contribution is 7.92. The van der Waals surface area contributed by atoms with Crippen molar-refractivity contribution in [1.29, 1.82) is 0 Å². The lowest BCUT2D eigenvalue weighted by atomic mass is 9.88. The number of hydrogen-bond donors (Lipinski definition) is 2. The standard InChI is InChI=1S/C18H21N3O3S2/c1-26(23,24)21-14-6-4-12(5-7-14)16-10-25-18(19-16)20-17(22)15-9-11-2-3-13(15)8-11/h4-7,10-11,13,15,21H,2-3,8-9H2,1H3,(H,19,20,22). The summed E-state index contributed by atoms with van der Waals surface area (Å²) in [6, 6.07) is 7.01. The number of anilines is 2. The number of amides is 1. The van der Waals surface area contributed by atoms with E-state index in [4.69, 9.17) is 0 Å². The summed E-state index contributed by atoms with van der Waals surface area (Å²) < 4.78 is 24.9. The van der Waals surface area contributed by atoms with Crippen LogP contribution in [-0.4, -0.2) is 25.6 Å². The molecule has 0 saturated heterocycles. The molecule has 4 rings (SSSR count). The highest BCUT2D eigenvalue weighted by atomic mass is 32.2. The number of carbonyl (C=O) groups excluding carboxylic acids is 1. The molecule has 2 aliphatic carbocycles. The Morgan fingerprint density at radius 1 is 1.19 bits per heavy atom. The molecule has 6 nitrogen and oxygen atoms in total. The number of benzene rings is 1. The van der Waals surface area contributed by atoms with Crippen LogP contribution in [0.1, 0.15) is 25.7 Å². The third-order valence-electron chi connectivity index (χ3n) is 5.29. The van der Waals surface area contributed by atoms with Crippen molar-refractivity contribution in [3.05, 3.63) is 29.6 Å². The molecule has 1 aromatic heterocycles.